The van der Waals surface area contributed by atoms with Crippen molar-refractivity contribution in [3.63, 3.8) is 0 Å². The summed E-state index contributed by atoms with van der Waals surface area (Å²) in [6, 6.07) is 2.27. The van der Waals surface area contributed by atoms with Gasteiger partial charge in [0.25, 0.3) is 0 Å². The molecule has 0 aromatic carbocycles. The van der Waals surface area contributed by atoms with Gasteiger partial charge in [-0.05, 0) is 68.1 Å². The normalized spacial score (nSPS) is 20.4. The highest BCUT2D eigenvalue weighted by Crippen LogP contribution is 2.37. The Morgan fingerprint density at radius 2 is 2.20 bits per heavy atom. The smallest absolute Gasteiger partial charge is 0.0108 e. The highest BCUT2D eigenvalue weighted by molar-refractivity contribution is 7.10. The molecule has 0 bridgehead atoms. The fourth-order valence-electron chi connectivity index (χ4n) is 2.74. The van der Waals surface area contributed by atoms with E-state index >= 15 is 0 Å². The molecule has 1 unspecified atom stereocenters. The zero-order valence-corrected chi connectivity index (χ0v) is 10.6. The average Bonchev–Trinajstić information content (AvgIpc) is 2.68. The summed E-state index contributed by atoms with van der Waals surface area (Å²) < 4.78 is 0. The van der Waals surface area contributed by atoms with E-state index in [4.69, 9.17) is 0 Å². The summed E-state index contributed by atoms with van der Waals surface area (Å²) in [6.07, 6.45) is 4.01. The molecular weight excluding hydrogens is 202 g/mol. The van der Waals surface area contributed by atoms with Crippen molar-refractivity contribution in [3.8, 4) is 0 Å². The van der Waals surface area contributed by atoms with Gasteiger partial charge in [-0.2, -0.15) is 0 Å². The Morgan fingerprint density at radius 3 is 2.73 bits per heavy atom. The molecule has 1 aromatic rings. The lowest BCUT2D eigenvalue weighted by molar-refractivity contribution is 0.314. The molecule has 0 spiro atoms. The van der Waals surface area contributed by atoms with Crippen LogP contribution in [0.2, 0.25) is 0 Å². The van der Waals surface area contributed by atoms with Crippen molar-refractivity contribution in [3.05, 3.63) is 21.9 Å². The summed E-state index contributed by atoms with van der Waals surface area (Å²) in [5.74, 6) is 1.72. The van der Waals surface area contributed by atoms with Crippen LogP contribution >= 0.6 is 11.3 Å². The van der Waals surface area contributed by atoms with E-state index in [0.717, 1.165) is 11.8 Å². The molecule has 1 N–H and O–H groups in total. The van der Waals surface area contributed by atoms with Crippen molar-refractivity contribution in [1.82, 2.24) is 5.32 Å². The van der Waals surface area contributed by atoms with Gasteiger partial charge < -0.3 is 5.32 Å². The molecule has 0 aliphatic carbocycles. The molecule has 2 rings (SSSR count). The largest absolute Gasteiger partial charge is 0.317 e. The van der Waals surface area contributed by atoms with Crippen molar-refractivity contribution in [2.75, 3.05) is 13.1 Å². The molecule has 15 heavy (non-hydrogen) atoms. The summed E-state index contributed by atoms with van der Waals surface area (Å²) in [6.45, 7) is 7.03. The maximum Gasteiger partial charge on any atom is 0.0108 e. The first-order valence-electron chi connectivity index (χ1n) is 6.07. The van der Waals surface area contributed by atoms with E-state index in [0.29, 0.717) is 0 Å². The second-order valence-electron chi connectivity index (χ2n) is 4.57. The maximum absolute atomic E-state index is 3.46. The van der Waals surface area contributed by atoms with E-state index in [2.05, 4.69) is 30.6 Å². The van der Waals surface area contributed by atoms with Gasteiger partial charge in [-0.25, -0.2) is 0 Å². The fourth-order valence-corrected chi connectivity index (χ4v) is 3.95. The predicted molar refractivity (Wildman–Crippen MR) is 67.7 cm³/mol. The fraction of sp³-hybridized carbons (Fsp3) is 0.692. The molecule has 0 saturated carbocycles. The van der Waals surface area contributed by atoms with Crippen LogP contribution in [0.1, 0.15) is 42.5 Å². The second kappa shape index (κ2) is 5.13. The van der Waals surface area contributed by atoms with Crippen molar-refractivity contribution < 1.29 is 0 Å². The first kappa shape index (κ1) is 11.2. The summed E-state index contributed by atoms with van der Waals surface area (Å²) in [5.41, 5.74) is 1.50. The summed E-state index contributed by atoms with van der Waals surface area (Å²) in [5, 5.41) is 5.70. The van der Waals surface area contributed by atoms with Crippen LogP contribution in [0.15, 0.2) is 11.4 Å². The molecule has 1 aliphatic rings. The summed E-state index contributed by atoms with van der Waals surface area (Å²) >= 11 is 1.96. The Balaban J connectivity index is 2.12. The Hall–Kier alpha value is -0.340. The van der Waals surface area contributed by atoms with Crippen molar-refractivity contribution in [1.29, 1.82) is 0 Å². The predicted octanol–water partition coefficient (Wildman–Crippen LogP) is 3.55. The molecule has 2 heterocycles. The van der Waals surface area contributed by atoms with Gasteiger partial charge in [0.15, 0.2) is 0 Å². The molecule has 1 fully saturated rings. The van der Waals surface area contributed by atoms with Gasteiger partial charge in [-0.15, -0.1) is 11.3 Å². The number of thiophene rings is 1. The van der Waals surface area contributed by atoms with Crippen LogP contribution in [0.5, 0.6) is 0 Å². The van der Waals surface area contributed by atoms with Gasteiger partial charge in [0.05, 0.1) is 0 Å². The van der Waals surface area contributed by atoms with Gasteiger partial charge in [0.1, 0.15) is 0 Å². The lowest BCUT2D eigenvalue weighted by atomic mass is 9.81. The first-order valence-corrected chi connectivity index (χ1v) is 6.95. The quantitative estimate of drug-likeness (QED) is 0.826. The molecular formula is C13H21NS. The standard InChI is InChI=1S/C13H21NS/c1-3-12(11-4-7-14-8-5-11)13-10(2)6-9-15-13/h6,9,11-12,14H,3-5,7-8H2,1-2H3. The van der Waals surface area contributed by atoms with Crippen LogP contribution in [-0.2, 0) is 0 Å². The third-order valence-corrected chi connectivity index (χ3v) is 4.78. The lowest BCUT2D eigenvalue weighted by Gasteiger charge is -2.30. The van der Waals surface area contributed by atoms with E-state index in [1.165, 1.54) is 37.9 Å². The Kier molecular flexibility index (Phi) is 3.81. The monoisotopic (exact) mass is 223 g/mol. The zero-order valence-electron chi connectivity index (χ0n) is 9.75. The Bertz CT molecular complexity index is 299. The zero-order chi connectivity index (χ0) is 10.7. The van der Waals surface area contributed by atoms with E-state index in [9.17, 15) is 0 Å². The molecule has 1 atom stereocenters. The van der Waals surface area contributed by atoms with E-state index in [1.807, 2.05) is 11.3 Å². The highest BCUT2D eigenvalue weighted by Gasteiger charge is 2.25. The highest BCUT2D eigenvalue weighted by atomic mass is 32.1. The van der Waals surface area contributed by atoms with Crippen LogP contribution in [0, 0.1) is 12.8 Å². The average molecular weight is 223 g/mol. The van der Waals surface area contributed by atoms with Gasteiger partial charge in [0, 0.05) is 4.88 Å². The molecule has 84 valence electrons. The molecule has 1 aliphatic heterocycles. The van der Waals surface area contributed by atoms with Crippen LogP contribution in [0.25, 0.3) is 0 Å². The summed E-state index contributed by atoms with van der Waals surface area (Å²) in [7, 11) is 0. The minimum atomic E-state index is 0.812. The van der Waals surface area contributed by atoms with Crippen molar-refractivity contribution in [2.45, 2.75) is 39.0 Å². The topological polar surface area (TPSA) is 12.0 Å². The van der Waals surface area contributed by atoms with Gasteiger partial charge in [0.2, 0.25) is 0 Å². The molecule has 0 radical (unpaired) electrons. The molecule has 0 amide bonds. The minimum absolute atomic E-state index is 0.812. The number of nitrogens with one attached hydrogen (secondary N) is 1. The van der Waals surface area contributed by atoms with Gasteiger partial charge in [-0.3, -0.25) is 0 Å². The molecule has 2 heteroatoms. The van der Waals surface area contributed by atoms with E-state index in [-0.39, 0.29) is 0 Å². The van der Waals surface area contributed by atoms with Gasteiger partial charge in [-0.1, -0.05) is 6.92 Å². The first-order chi connectivity index (χ1) is 7.33. The van der Waals surface area contributed by atoms with Crippen molar-refractivity contribution in [2.24, 2.45) is 5.92 Å². The lowest BCUT2D eigenvalue weighted by Crippen LogP contribution is -2.30. The summed E-state index contributed by atoms with van der Waals surface area (Å²) in [4.78, 5) is 1.64. The van der Waals surface area contributed by atoms with Crippen LogP contribution < -0.4 is 5.32 Å². The van der Waals surface area contributed by atoms with Crippen LogP contribution in [-0.4, -0.2) is 13.1 Å². The third-order valence-electron chi connectivity index (χ3n) is 3.63. The van der Waals surface area contributed by atoms with E-state index < -0.39 is 0 Å². The second-order valence-corrected chi connectivity index (χ2v) is 5.52. The number of rotatable bonds is 3. The number of piperidine rings is 1. The SMILES string of the molecule is CCC(c1sccc1C)C1CCNCC1. The van der Waals surface area contributed by atoms with Crippen LogP contribution in [0.3, 0.4) is 0 Å². The number of aryl methyl sites for hydroxylation is 1. The van der Waals surface area contributed by atoms with Crippen LogP contribution in [0.4, 0.5) is 0 Å². The number of hydrogen-bond donors (Lipinski definition) is 1. The molecule has 1 nitrogen and oxygen atoms in total. The number of hydrogen-bond acceptors (Lipinski definition) is 2. The van der Waals surface area contributed by atoms with E-state index in [1.54, 1.807) is 4.88 Å². The Morgan fingerprint density at radius 1 is 1.47 bits per heavy atom. The maximum atomic E-state index is 3.46. The molecule has 1 saturated heterocycles. The van der Waals surface area contributed by atoms with Crippen molar-refractivity contribution >= 4 is 11.3 Å². The minimum Gasteiger partial charge on any atom is -0.317 e. The van der Waals surface area contributed by atoms with Gasteiger partial charge >= 0.3 is 0 Å². The third kappa shape index (κ3) is 2.43. The molecule has 1 aromatic heterocycles. The Labute approximate surface area is 96.9 Å².